The highest BCUT2D eigenvalue weighted by Crippen LogP contribution is 2.21. The molecule has 1 N–H and O–H groups in total. The number of likely N-dealkylation sites (N-methyl/N-ethyl adjacent to an activating group) is 1. The number of nitrogens with one attached hydrogen (secondary N) is 1. The van der Waals surface area contributed by atoms with Crippen LogP contribution in [0.5, 0.6) is 0 Å². The summed E-state index contributed by atoms with van der Waals surface area (Å²) >= 11 is 5.89. The predicted octanol–water partition coefficient (Wildman–Crippen LogP) is 1.88. The van der Waals surface area contributed by atoms with Crippen molar-refractivity contribution in [1.82, 2.24) is 10.2 Å². The second kappa shape index (κ2) is 4.47. The van der Waals surface area contributed by atoms with Crippen molar-refractivity contribution in [1.29, 1.82) is 0 Å². The molecule has 0 aromatic heterocycles. The van der Waals surface area contributed by atoms with Crippen LogP contribution in [0, 0.1) is 5.82 Å². The average Bonchev–Trinajstić information content (AvgIpc) is 2.10. The van der Waals surface area contributed by atoms with Crippen LogP contribution in [-0.4, -0.2) is 31.1 Å². The van der Waals surface area contributed by atoms with Gasteiger partial charge in [0.05, 0.1) is 5.02 Å². The van der Waals surface area contributed by atoms with Gasteiger partial charge in [-0.15, -0.1) is 0 Å². The summed E-state index contributed by atoms with van der Waals surface area (Å²) in [7, 11) is 2.03. The molecule has 1 aliphatic rings. The van der Waals surface area contributed by atoms with Crippen LogP contribution in [-0.2, 0) is 6.54 Å². The van der Waals surface area contributed by atoms with E-state index < -0.39 is 0 Å². The first-order valence-corrected chi connectivity index (χ1v) is 5.40. The van der Waals surface area contributed by atoms with Crippen LogP contribution in [0.25, 0.3) is 0 Å². The van der Waals surface area contributed by atoms with Crippen LogP contribution < -0.4 is 5.32 Å². The molecule has 1 aliphatic heterocycles. The van der Waals surface area contributed by atoms with E-state index in [4.69, 9.17) is 11.6 Å². The van der Waals surface area contributed by atoms with Crippen molar-refractivity contribution in [3.63, 3.8) is 0 Å². The molecule has 0 bridgehead atoms. The van der Waals surface area contributed by atoms with Gasteiger partial charge in [0.15, 0.2) is 0 Å². The summed E-state index contributed by atoms with van der Waals surface area (Å²) in [5.74, 6) is -0.339. The molecule has 1 heterocycles. The number of rotatable bonds is 3. The molecule has 2 rings (SSSR count). The van der Waals surface area contributed by atoms with Crippen LogP contribution in [0.3, 0.4) is 0 Å². The predicted molar refractivity (Wildman–Crippen MR) is 59.5 cm³/mol. The van der Waals surface area contributed by atoms with Crippen molar-refractivity contribution in [3.05, 3.63) is 34.6 Å². The Kier molecular flexibility index (Phi) is 3.24. The molecule has 15 heavy (non-hydrogen) atoms. The van der Waals surface area contributed by atoms with Gasteiger partial charge in [-0.1, -0.05) is 23.7 Å². The van der Waals surface area contributed by atoms with Crippen LogP contribution >= 0.6 is 11.6 Å². The summed E-state index contributed by atoms with van der Waals surface area (Å²) in [6, 6.07) is 5.50. The summed E-state index contributed by atoms with van der Waals surface area (Å²) in [6.07, 6.45) is 0. The highest BCUT2D eigenvalue weighted by Gasteiger charge is 2.22. The Labute approximate surface area is 94.0 Å². The second-order valence-corrected chi connectivity index (χ2v) is 4.32. The third kappa shape index (κ3) is 2.30. The molecule has 1 fully saturated rings. The van der Waals surface area contributed by atoms with Gasteiger partial charge in [0.1, 0.15) is 5.82 Å². The zero-order chi connectivity index (χ0) is 10.8. The lowest BCUT2D eigenvalue weighted by atomic mass is 10.1. The van der Waals surface area contributed by atoms with E-state index in [9.17, 15) is 4.39 Å². The van der Waals surface area contributed by atoms with Gasteiger partial charge in [-0.25, -0.2) is 4.39 Å². The van der Waals surface area contributed by atoms with Gasteiger partial charge < -0.3 is 5.32 Å². The van der Waals surface area contributed by atoms with Crippen molar-refractivity contribution in [3.8, 4) is 0 Å². The highest BCUT2D eigenvalue weighted by atomic mass is 35.5. The summed E-state index contributed by atoms with van der Waals surface area (Å²) in [4.78, 5) is 2.19. The lowest BCUT2D eigenvalue weighted by Crippen LogP contribution is -2.55. The molecule has 82 valence electrons. The van der Waals surface area contributed by atoms with E-state index in [0.29, 0.717) is 12.6 Å². The minimum atomic E-state index is -0.339. The zero-order valence-corrected chi connectivity index (χ0v) is 9.39. The van der Waals surface area contributed by atoms with Crippen molar-refractivity contribution >= 4 is 11.6 Å². The van der Waals surface area contributed by atoms with Crippen LogP contribution in [0.15, 0.2) is 18.2 Å². The molecule has 0 radical (unpaired) electrons. The maximum atomic E-state index is 13.2. The summed E-state index contributed by atoms with van der Waals surface area (Å²) in [5.41, 5.74) is 0.853. The van der Waals surface area contributed by atoms with E-state index >= 15 is 0 Å². The van der Waals surface area contributed by atoms with E-state index in [0.717, 1.165) is 18.7 Å². The Morgan fingerprint density at radius 1 is 1.53 bits per heavy atom. The minimum Gasteiger partial charge on any atom is -0.314 e. The van der Waals surface area contributed by atoms with Crippen molar-refractivity contribution in [2.24, 2.45) is 0 Å². The van der Waals surface area contributed by atoms with Crippen LogP contribution in [0.2, 0.25) is 5.02 Å². The van der Waals surface area contributed by atoms with Gasteiger partial charge in [0, 0.05) is 25.7 Å². The number of nitrogens with zero attached hydrogens (tertiary/aromatic N) is 1. The fourth-order valence-corrected chi connectivity index (χ4v) is 1.84. The monoisotopic (exact) mass is 228 g/mol. The first kappa shape index (κ1) is 10.9. The van der Waals surface area contributed by atoms with E-state index in [-0.39, 0.29) is 10.8 Å². The van der Waals surface area contributed by atoms with Gasteiger partial charge in [0.25, 0.3) is 0 Å². The second-order valence-electron chi connectivity index (χ2n) is 3.94. The SMILES string of the molecule is CN(Cc1cccc(F)c1Cl)C1CNC1. The molecule has 1 aromatic carbocycles. The molecule has 4 heteroatoms. The summed E-state index contributed by atoms with van der Waals surface area (Å²) < 4.78 is 13.2. The number of hydrogen-bond acceptors (Lipinski definition) is 2. The van der Waals surface area contributed by atoms with Gasteiger partial charge in [-0.2, -0.15) is 0 Å². The smallest absolute Gasteiger partial charge is 0.142 e. The Balaban J connectivity index is 2.06. The number of halogens is 2. The molecule has 2 nitrogen and oxygen atoms in total. The molecule has 0 aliphatic carbocycles. The first-order valence-electron chi connectivity index (χ1n) is 5.02. The van der Waals surface area contributed by atoms with E-state index in [1.54, 1.807) is 6.07 Å². The standard InChI is InChI=1S/C11H14ClFN2/c1-15(9-5-14-6-9)7-8-3-2-4-10(13)11(8)12/h2-4,9,14H,5-7H2,1H3. The largest absolute Gasteiger partial charge is 0.314 e. The van der Waals surface area contributed by atoms with E-state index in [1.165, 1.54) is 6.07 Å². The van der Waals surface area contributed by atoms with E-state index in [2.05, 4.69) is 10.2 Å². The molecule has 1 saturated heterocycles. The van der Waals surface area contributed by atoms with E-state index in [1.807, 2.05) is 13.1 Å². The molecular weight excluding hydrogens is 215 g/mol. The van der Waals surface area contributed by atoms with Crippen molar-refractivity contribution in [2.45, 2.75) is 12.6 Å². The Bertz CT molecular complexity index is 352. The topological polar surface area (TPSA) is 15.3 Å². The van der Waals surface area contributed by atoms with Gasteiger partial charge in [0.2, 0.25) is 0 Å². The number of benzene rings is 1. The maximum Gasteiger partial charge on any atom is 0.142 e. The average molecular weight is 229 g/mol. The number of hydrogen-bond donors (Lipinski definition) is 1. The van der Waals surface area contributed by atoms with Crippen LogP contribution in [0.1, 0.15) is 5.56 Å². The third-order valence-electron chi connectivity index (χ3n) is 2.83. The lowest BCUT2D eigenvalue weighted by molar-refractivity contribution is 0.173. The zero-order valence-electron chi connectivity index (χ0n) is 8.63. The molecular formula is C11H14ClFN2. The van der Waals surface area contributed by atoms with Gasteiger partial charge in [-0.05, 0) is 18.7 Å². The van der Waals surface area contributed by atoms with Gasteiger partial charge in [-0.3, -0.25) is 4.90 Å². The Morgan fingerprint density at radius 2 is 2.27 bits per heavy atom. The highest BCUT2D eigenvalue weighted by molar-refractivity contribution is 6.31. The van der Waals surface area contributed by atoms with Crippen molar-refractivity contribution < 1.29 is 4.39 Å². The first-order chi connectivity index (χ1) is 7.18. The Hall–Kier alpha value is -0.640. The van der Waals surface area contributed by atoms with Crippen LogP contribution in [0.4, 0.5) is 4.39 Å². The fraction of sp³-hybridized carbons (Fsp3) is 0.455. The normalized spacial score (nSPS) is 16.8. The summed E-state index contributed by atoms with van der Waals surface area (Å²) in [6.45, 7) is 2.70. The Morgan fingerprint density at radius 3 is 2.87 bits per heavy atom. The molecule has 0 atom stereocenters. The molecule has 0 amide bonds. The lowest BCUT2D eigenvalue weighted by Gasteiger charge is -2.35. The van der Waals surface area contributed by atoms with Crippen molar-refractivity contribution in [2.75, 3.05) is 20.1 Å². The molecule has 0 spiro atoms. The van der Waals surface area contributed by atoms with Gasteiger partial charge >= 0.3 is 0 Å². The maximum absolute atomic E-state index is 13.2. The minimum absolute atomic E-state index is 0.247. The molecule has 1 aromatic rings. The summed E-state index contributed by atoms with van der Waals surface area (Å²) in [5, 5.41) is 3.45. The fourth-order valence-electron chi connectivity index (χ4n) is 1.65. The third-order valence-corrected chi connectivity index (χ3v) is 3.26. The quantitative estimate of drug-likeness (QED) is 0.850. The molecule has 0 unspecified atom stereocenters. The molecule has 0 saturated carbocycles.